The average Bonchev–Trinajstić information content (AvgIpc) is 3.51. The van der Waals surface area contributed by atoms with Crippen LogP contribution >= 0.6 is 0 Å². The van der Waals surface area contributed by atoms with Gasteiger partial charge in [-0.1, -0.05) is 146 Å². The molecule has 0 saturated carbocycles. The van der Waals surface area contributed by atoms with E-state index in [1.54, 1.807) is 5.57 Å². The van der Waals surface area contributed by atoms with Crippen molar-refractivity contribution in [3.05, 3.63) is 198 Å². The molecule has 0 amide bonds. The van der Waals surface area contributed by atoms with Gasteiger partial charge in [-0.05, 0) is 70.5 Å². The lowest BCUT2D eigenvalue weighted by Gasteiger charge is -2.29. The number of hydrogen-bond acceptors (Lipinski definition) is 4. The number of fused-ring (bicyclic) bond motifs is 4. The summed E-state index contributed by atoms with van der Waals surface area (Å²) < 4.78 is 0. The van der Waals surface area contributed by atoms with Crippen molar-refractivity contribution in [2.24, 2.45) is 11.8 Å². The third-order valence-corrected chi connectivity index (χ3v) is 10.6. The number of anilines is 1. The van der Waals surface area contributed by atoms with E-state index in [2.05, 4.69) is 114 Å². The van der Waals surface area contributed by atoms with E-state index >= 15 is 0 Å². The van der Waals surface area contributed by atoms with Crippen LogP contribution in [0.4, 0.5) is 5.69 Å². The second-order valence-electron chi connectivity index (χ2n) is 13.6. The number of nitrogens with zero attached hydrogens (tertiary/aromatic N) is 4. The highest BCUT2D eigenvalue weighted by Gasteiger charge is 2.41. The summed E-state index contributed by atoms with van der Waals surface area (Å²) in [6, 6.07) is 46.7. The molecule has 2 heterocycles. The number of aromatic nitrogens is 3. The minimum atomic E-state index is 0.402. The number of allylic oxidation sites excluding steroid dienone is 7. The van der Waals surface area contributed by atoms with E-state index in [9.17, 15) is 0 Å². The van der Waals surface area contributed by atoms with Gasteiger partial charge in [-0.25, -0.2) is 15.0 Å². The Balaban J connectivity index is 0.982. The van der Waals surface area contributed by atoms with Crippen LogP contribution in [0.1, 0.15) is 17.5 Å². The molecule has 4 heteroatoms. The summed E-state index contributed by atoms with van der Waals surface area (Å²) in [6.07, 6.45) is 16.0. The van der Waals surface area contributed by atoms with Crippen molar-refractivity contribution in [2.45, 2.75) is 12.8 Å². The highest BCUT2D eigenvalue weighted by molar-refractivity contribution is 5.79. The number of rotatable bonds is 5. The highest BCUT2D eigenvalue weighted by atomic mass is 15.2. The summed E-state index contributed by atoms with van der Waals surface area (Å²) in [5.74, 6) is 2.85. The second kappa shape index (κ2) is 12.2. The molecule has 242 valence electrons. The molecule has 2 atom stereocenters. The zero-order chi connectivity index (χ0) is 33.7. The van der Waals surface area contributed by atoms with E-state index < -0.39 is 0 Å². The first-order valence-corrected chi connectivity index (χ1v) is 17.7. The molecule has 6 aromatic rings. The third-order valence-electron chi connectivity index (χ3n) is 10.6. The van der Waals surface area contributed by atoms with E-state index in [4.69, 9.17) is 15.0 Å². The van der Waals surface area contributed by atoms with Crippen LogP contribution in [0.5, 0.6) is 0 Å². The smallest absolute Gasteiger partial charge is 0.164 e. The van der Waals surface area contributed by atoms with Crippen LogP contribution in [0, 0.1) is 11.8 Å². The molecule has 0 saturated heterocycles. The zero-order valence-corrected chi connectivity index (χ0v) is 28.0. The third kappa shape index (κ3) is 5.28. The lowest BCUT2D eigenvalue weighted by molar-refractivity contribution is 0.634. The zero-order valence-electron chi connectivity index (χ0n) is 28.0. The molecule has 0 radical (unpaired) electrons. The fraction of sp³-hybridized carbons (Fsp3) is 0.0851. The van der Waals surface area contributed by atoms with Gasteiger partial charge in [-0.15, -0.1) is 0 Å². The Morgan fingerprint density at radius 3 is 1.75 bits per heavy atom. The van der Waals surface area contributed by atoms with Crippen molar-refractivity contribution in [2.75, 3.05) is 4.90 Å². The van der Waals surface area contributed by atoms with E-state index in [1.165, 1.54) is 39.3 Å². The molecule has 4 aliphatic rings. The maximum absolute atomic E-state index is 4.91. The average molecular weight is 655 g/mol. The van der Waals surface area contributed by atoms with Crippen molar-refractivity contribution in [1.82, 2.24) is 15.0 Å². The predicted molar refractivity (Wildman–Crippen MR) is 207 cm³/mol. The Hall–Kier alpha value is -6.39. The van der Waals surface area contributed by atoms with Crippen molar-refractivity contribution >= 4 is 11.8 Å². The van der Waals surface area contributed by atoms with Gasteiger partial charge < -0.3 is 4.90 Å². The Morgan fingerprint density at radius 2 is 1.08 bits per heavy atom. The van der Waals surface area contributed by atoms with Crippen LogP contribution in [-0.2, 0) is 6.42 Å². The van der Waals surface area contributed by atoms with Crippen LogP contribution < -0.4 is 4.90 Å². The van der Waals surface area contributed by atoms with Gasteiger partial charge in [0, 0.05) is 45.6 Å². The second-order valence-corrected chi connectivity index (χ2v) is 13.6. The van der Waals surface area contributed by atoms with Gasteiger partial charge in [0.25, 0.3) is 0 Å². The van der Waals surface area contributed by atoms with Crippen molar-refractivity contribution in [3.8, 4) is 45.3 Å². The SMILES string of the molecule is C1=CC2=CC3=C(CC2C=C1)C1Cc2ccccc2C=C1N3c1ccc(-c2ccc(-c3nc(-c4ccccc4)nc(-c4ccccc4)n3)cc2)cc1. The number of hydrogen-bond donors (Lipinski definition) is 0. The van der Waals surface area contributed by atoms with Crippen molar-refractivity contribution < 1.29 is 0 Å². The van der Waals surface area contributed by atoms with E-state index in [1.807, 2.05) is 60.7 Å². The molecule has 1 aromatic heterocycles. The highest BCUT2D eigenvalue weighted by Crippen LogP contribution is 2.51. The molecule has 0 spiro atoms. The van der Waals surface area contributed by atoms with E-state index in [0.29, 0.717) is 29.3 Å². The van der Waals surface area contributed by atoms with Gasteiger partial charge in [-0.3, -0.25) is 0 Å². The van der Waals surface area contributed by atoms with Crippen LogP contribution in [-0.4, -0.2) is 15.0 Å². The fourth-order valence-corrected chi connectivity index (χ4v) is 8.01. The summed E-state index contributed by atoms with van der Waals surface area (Å²) in [6.45, 7) is 0. The molecule has 10 rings (SSSR count). The first-order chi connectivity index (χ1) is 25.2. The van der Waals surface area contributed by atoms with Gasteiger partial charge in [0.05, 0.1) is 0 Å². The van der Waals surface area contributed by atoms with Gasteiger partial charge in [0.15, 0.2) is 17.5 Å². The van der Waals surface area contributed by atoms with Gasteiger partial charge in [-0.2, -0.15) is 0 Å². The topological polar surface area (TPSA) is 41.9 Å². The minimum Gasteiger partial charge on any atom is -0.314 e. The quantitative estimate of drug-likeness (QED) is 0.186. The molecule has 2 unspecified atom stereocenters. The van der Waals surface area contributed by atoms with E-state index in [0.717, 1.165) is 35.1 Å². The lowest BCUT2D eigenvalue weighted by Crippen LogP contribution is -2.21. The molecular weight excluding hydrogens is 621 g/mol. The molecule has 5 aromatic carbocycles. The van der Waals surface area contributed by atoms with Crippen LogP contribution in [0.25, 0.3) is 51.4 Å². The fourth-order valence-electron chi connectivity index (χ4n) is 8.01. The molecule has 3 aliphatic carbocycles. The van der Waals surface area contributed by atoms with Gasteiger partial charge >= 0.3 is 0 Å². The molecule has 0 fully saturated rings. The molecule has 4 nitrogen and oxygen atoms in total. The Bertz CT molecular complexity index is 2390. The minimum absolute atomic E-state index is 0.402. The Labute approximate surface area is 298 Å². The lowest BCUT2D eigenvalue weighted by atomic mass is 9.76. The number of benzene rings is 5. The largest absolute Gasteiger partial charge is 0.314 e. The van der Waals surface area contributed by atoms with Gasteiger partial charge in [0.2, 0.25) is 0 Å². The maximum Gasteiger partial charge on any atom is 0.164 e. The summed E-state index contributed by atoms with van der Waals surface area (Å²) >= 11 is 0. The van der Waals surface area contributed by atoms with E-state index in [-0.39, 0.29) is 0 Å². The summed E-state index contributed by atoms with van der Waals surface area (Å²) in [5.41, 5.74) is 14.9. The van der Waals surface area contributed by atoms with Crippen LogP contribution in [0.15, 0.2) is 186 Å². The molecule has 1 aliphatic heterocycles. The predicted octanol–water partition coefficient (Wildman–Crippen LogP) is 10.9. The maximum atomic E-state index is 4.91. The summed E-state index contributed by atoms with van der Waals surface area (Å²) in [5, 5.41) is 0. The normalized spacial score (nSPS) is 18.4. The molecule has 0 N–H and O–H groups in total. The molecule has 0 bridgehead atoms. The van der Waals surface area contributed by atoms with Crippen molar-refractivity contribution in [1.29, 1.82) is 0 Å². The van der Waals surface area contributed by atoms with Crippen LogP contribution in [0.3, 0.4) is 0 Å². The summed E-state index contributed by atoms with van der Waals surface area (Å²) in [7, 11) is 0. The molecule has 51 heavy (non-hydrogen) atoms. The Morgan fingerprint density at radius 1 is 0.510 bits per heavy atom. The summed E-state index contributed by atoms with van der Waals surface area (Å²) in [4.78, 5) is 17.2. The first kappa shape index (κ1) is 29.5. The first-order valence-electron chi connectivity index (χ1n) is 17.7. The van der Waals surface area contributed by atoms with Gasteiger partial charge in [0.1, 0.15) is 0 Å². The monoisotopic (exact) mass is 654 g/mol. The van der Waals surface area contributed by atoms with Crippen LogP contribution in [0.2, 0.25) is 0 Å². The standard InChI is InChI=1S/C47H34N4/c1-3-11-33(12-4-1)45-48-46(34-13-5-2-6-14-34)50-47(49-45)35-21-19-31(20-22-35)32-23-25-40(26-24-32)51-43-29-38-17-9-7-15-36(38)27-41(43)42-28-37-16-8-10-18-39(37)30-44(42)51/h1-26,29-30,36,42H,27-28H2. The van der Waals surface area contributed by atoms with Crippen molar-refractivity contribution in [3.63, 3.8) is 0 Å². The Kier molecular flexibility index (Phi) is 7.05. The molecular formula is C47H34N4.